The maximum atomic E-state index is 2.33. The second kappa shape index (κ2) is 3.01. The number of hydrogen-bond acceptors (Lipinski definition) is 0. The van der Waals surface area contributed by atoms with Gasteiger partial charge in [0.1, 0.15) is 7.05 Å². The van der Waals surface area contributed by atoms with E-state index in [1.165, 1.54) is 14.5 Å². The number of pyridine rings is 1. The van der Waals surface area contributed by atoms with Gasteiger partial charge in [-0.25, -0.2) is 0 Å². The number of nitrogens with zero attached hydrogens (tertiary/aromatic N) is 1. The van der Waals surface area contributed by atoms with E-state index in [9.17, 15) is 0 Å². The summed E-state index contributed by atoms with van der Waals surface area (Å²) in [6.45, 7) is 0. The van der Waals surface area contributed by atoms with Crippen LogP contribution in [0.2, 0.25) is 0 Å². The van der Waals surface area contributed by atoms with Crippen LogP contribution in [0.3, 0.4) is 0 Å². The highest BCUT2D eigenvalue weighted by atomic mass is 127. The standard InChI is InChI=1S/C10H9IN/c1-12-7-9(11)6-8-4-2-3-5-10(8)12/h2-7H,1H3/q+1. The molecule has 0 spiro atoms. The summed E-state index contributed by atoms with van der Waals surface area (Å²) < 4.78 is 3.42. The summed E-state index contributed by atoms with van der Waals surface area (Å²) in [7, 11) is 2.07. The van der Waals surface area contributed by atoms with Crippen molar-refractivity contribution in [2.24, 2.45) is 7.05 Å². The maximum Gasteiger partial charge on any atom is 0.212 e. The Balaban J connectivity index is 2.89. The molecule has 0 aliphatic carbocycles. The van der Waals surface area contributed by atoms with Gasteiger partial charge in [-0.05, 0) is 34.7 Å². The lowest BCUT2D eigenvalue weighted by atomic mass is 10.2. The Morgan fingerprint density at radius 2 is 2.00 bits per heavy atom. The molecule has 2 aromatic rings. The van der Waals surface area contributed by atoms with E-state index in [1.807, 2.05) is 0 Å². The van der Waals surface area contributed by atoms with Gasteiger partial charge in [-0.2, -0.15) is 4.57 Å². The van der Waals surface area contributed by atoms with Gasteiger partial charge in [0.15, 0.2) is 6.20 Å². The molecule has 2 heteroatoms. The SMILES string of the molecule is C[n+]1cc(I)cc2ccccc21. The fourth-order valence-electron chi connectivity index (χ4n) is 1.37. The van der Waals surface area contributed by atoms with Crippen LogP contribution in [0.15, 0.2) is 36.5 Å². The second-order valence-electron chi connectivity index (χ2n) is 2.83. The molecule has 0 saturated carbocycles. The van der Waals surface area contributed by atoms with Gasteiger partial charge in [-0.3, -0.25) is 0 Å². The van der Waals surface area contributed by atoms with Gasteiger partial charge in [-0.1, -0.05) is 12.1 Å². The quantitative estimate of drug-likeness (QED) is 0.510. The van der Waals surface area contributed by atoms with Crippen molar-refractivity contribution in [3.63, 3.8) is 0 Å². The van der Waals surface area contributed by atoms with Crippen molar-refractivity contribution in [3.05, 3.63) is 40.1 Å². The van der Waals surface area contributed by atoms with E-state index >= 15 is 0 Å². The summed E-state index contributed by atoms with van der Waals surface area (Å²) >= 11 is 2.33. The van der Waals surface area contributed by atoms with Crippen LogP contribution < -0.4 is 4.57 Å². The molecule has 0 amide bonds. The van der Waals surface area contributed by atoms with Crippen molar-refractivity contribution < 1.29 is 4.57 Å². The molecule has 1 aromatic heterocycles. The normalized spacial score (nSPS) is 10.5. The van der Waals surface area contributed by atoms with Crippen molar-refractivity contribution in [1.29, 1.82) is 0 Å². The highest BCUT2D eigenvalue weighted by Crippen LogP contribution is 2.11. The zero-order valence-electron chi connectivity index (χ0n) is 6.79. The van der Waals surface area contributed by atoms with Gasteiger partial charge in [-0.15, -0.1) is 0 Å². The number of benzene rings is 1. The average Bonchev–Trinajstić information content (AvgIpc) is 2.04. The molecule has 0 saturated heterocycles. The van der Waals surface area contributed by atoms with E-state index in [0.29, 0.717) is 0 Å². The van der Waals surface area contributed by atoms with Crippen molar-refractivity contribution in [3.8, 4) is 0 Å². The van der Waals surface area contributed by atoms with Crippen LogP contribution in [0, 0.1) is 3.57 Å². The lowest BCUT2D eigenvalue weighted by Gasteiger charge is -1.95. The van der Waals surface area contributed by atoms with Crippen LogP contribution in [0.4, 0.5) is 0 Å². The molecule has 60 valence electrons. The Morgan fingerprint density at radius 3 is 2.83 bits per heavy atom. The summed E-state index contributed by atoms with van der Waals surface area (Å²) in [5, 5.41) is 1.30. The number of aryl methyl sites for hydroxylation is 1. The van der Waals surface area contributed by atoms with Gasteiger partial charge in [0, 0.05) is 11.5 Å². The molecule has 0 radical (unpaired) electrons. The molecule has 0 bridgehead atoms. The fourth-order valence-corrected chi connectivity index (χ4v) is 2.12. The highest BCUT2D eigenvalue weighted by Gasteiger charge is 2.03. The zero-order valence-corrected chi connectivity index (χ0v) is 8.95. The third-order valence-corrected chi connectivity index (χ3v) is 2.52. The first-order chi connectivity index (χ1) is 5.77. The van der Waals surface area contributed by atoms with E-state index in [0.717, 1.165) is 0 Å². The molecule has 0 unspecified atom stereocenters. The molecule has 1 nitrogen and oxygen atoms in total. The number of fused-ring (bicyclic) bond motifs is 1. The third kappa shape index (κ3) is 1.31. The van der Waals surface area contributed by atoms with E-state index in [4.69, 9.17) is 0 Å². The molecule has 0 aliphatic heterocycles. The van der Waals surface area contributed by atoms with E-state index in [1.54, 1.807) is 0 Å². The molecule has 12 heavy (non-hydrogen) atoms. The smallest absolute Gasteiger partial charge is 0.200 e. The van der Waals surface area contributed by atoms with Gasteiger partial charge in [0.05, 0.1) is 3.57 Å². The molecule has 0 fully saturated rings. The number of para-hydroxylation sites is 1. The van der Waals surface area contributed by atoms with Crippen LogP contribution in [-0.2, 0) is 7.05 Å². The Labute approximate surface area is 85.2 Å². The second-order valence-corrected chi connectivity index (χ2v) is 4.07. The van der Waals surface area contributed by atoms with Crippen molar-refractivity contribution in [1.82, 2.24) is 0 Å². The topological polar surface area (TPSA) is 3.88 Å². The lowest BCUT2D eigenvalue weighted by molar-refractivity contribution is -0.645. The summed E-state index contributed by atoms with van der Waals surface area (Å²) in [4.78, 5) is 0. The molecular formula is C10H9IN+. The Hall–Kier alpha value is -0.640. The Bertz CT molecular complexity index is 423. The zero-order chi connectivity index (χ0) is 8.55. The third-order valence-electron chi connectivity index (χ3n) is 1.93. The van der Waals surface area contributed by atoms with Crippen LogP contribution in [0.1, 0.15) is 0 Å². The molecule has 2 rings (SSSR count). The Morgan fingerprint density at radius 1 is 1.25 bits per heavy atom. The van der Waals surface area contributed by atoms with E-state index < -0.39 is 0 Å². The van der Waals surface area contributed by atoms with Gasteiger partial charge < -0.3 is 0 Å². The van der Waals surface area contributed by atoms with Gasteiger partial charge >= 0.3 is 0 Å². The first-order valence-corrected chi connectivity index (χ1v) is 4.89. The first-order valence-electron chi connectivity index (χ1n) is 3.81. The fraction of sp³-hybridized carbons (Fsp3) is 0.100. The number of aromatic nitrogens is 1. The predicted octanol–water partition coefficient (Wildman–Crippen LogP) is 2.27. The molecule has 0 atom stereocenters. The largest absolute Gasteiger partial charge is 0.212 e. The van der Waals surface area contributed by atoms with Crippen LogP contribution >= 0.6 is 22.6 Å². The minimum Gasteiger partial charge on any atom is -0.200 e. The first kappa shape index (κ1) is 7.98. The maximum absolute atomic E-state index is 2.33. The summed E-state index contributed by atoms with van der Waals surface area (Å²) in [5.74, 6) is 0. The predicted molar refractivity (Wildman–Crippen MR) is 57.8 cm³/mol. The lowest BCUT2D eigenvalue weighted by Crippen LogP contribution is -2.28. The summed E-state index contributed by atoms with van der Waals surface area (Å²) in [5.41, 5.74) is 1.28. The number of hydrogen-bond donors (Lipinski definition) is 0. The number of rotatable bonds is 0. The molecule has 1 aromatic carbocycles. The van der Waals surface area contributed by atoms with Crippen LogP contribution in [-0.4, -0.2) is 0 Å². The molecule has 0 N–H and O–H groups in total. The van der Waals surface area contributed by atoms with Gasteiger partial charge in [0.2, 0.25) is 5.52 Å². The average molecular weight is 270 g/mol. The summed E-state index contributed by atoms with van der Waals surface area (Å²) in [6, 6.07) is 10.6. The minimum absolute atomic E-state index is 1.27. The highest BCUT2D eigenvalue weighted by molar-refractivity contribution is 14.1. The van der Waals surface area contributed by atoms with Gasteiger partial charge in [0.25, 0.3) is 0 Å². The Kier molecular flexibility index (Phi) is 2.00. The van der Waals surface area contributed by atoms with E-state index in [2.05, 4.69) is 70.7 Å². The van der Waals surface area contributed by atoms with E-state index in [-0.39, 0.29) is 0 Å². The number of halogens is 1. The van der Waals surface area contributed by atoms with Crippen molar-refractivity contribution >= 4 is 33.5 Å². The molecular weight excluding hydrogens is 261 g/mol. The minimum atomic E-state index is 1.27. The van der Waals surface area contributed by atoms with Crippen LogP contribution in [0.5, 0.6) is 0 Å². The van der Waals surface area contributed by atoms with Crippen molar-refractivity contribution in [2.75, 3.05) is 0 Å². The monoisotopic (exact) mass is 270 g/mol. The van der Waals surface area contributed by atoms with Crippen molar-refractivity contribution in [2.45, 2.75) is 0 Å². The summed E-state index contributed by atoms with van der Waals surface area (Å²) in [6.07, 6.45) is 2.13. The molecule has 0 aliphatic rings. The molecule has 1 heterocycles. The van der Waals surface area contributed by atoms with Crippen LogP contribution in [0.25, 0.3) is 10.9 Å².